The highest BCUT2D eigenvalue weighted by Crippen LogP contribution is 2.26. The van der Waals surface area contributed by atoms with Gasteiger partial charge in [0.05, 0.1) is 11.9 Å². The third kappa shape index (κ3) is 3.40. The number of furan rings is 1. The summed E-state index contributed by atoms with van der Waals surface area (Å²) >= 11 is 1.82. The first-order valence-corrected chi connectivity index (χ1v) is 6.65. The van der Waals surface area contributed by atoms with Gasteiger partial charge < -0.3 is 14.8 Å². The number of aliphatic hydroxyl groups is 1. The number of nitrogens with one attached hydrogen (secondary N) is 1. The molecule has 0 amide bonds. The van der Waals surface area contributed by atoms with Gasteiger partial charge in [-0.05, 0) is 30.4 Å². The summed E-state index contributed by atoms with van der Waals surface area (Å²) in [6.45, 7) is 1.43. The van der Waals surface area contributed by atoms with Gasteiger partial charge in [0.2, 0.25) is 0 Å². The molecular formula is C12H17NO2S. The molecule has 0 radical (unpaired) electrons. The SMILES string of the molecule is OC1(CNC/C=C/c2ccco2)CCSC1. The van der Waals surface area contributed by atoms with E-state index in [1.54, 1.807) is 6.26 Å². The lowest BCUT2D eigenvalue weighted by molar-refractivity contribution is 0.0689. The van der Waals surface area contributed by atoms with Crippen LogP contribution >= 0.6 is 11.8 Å². The van der Waals surface area contributed by atoms with Crippen molar-refractivity contribution in [2.24, 2.45) is 0 Å². The van der Waals surface area contributed by atoms with Crippen molar-refractivity contribution in [3.8, 4) is 0 Å². The molecule has 0 spiro atoms. The molecule has 0 aliphatic carbocycles. The Kier molecular flexibility index (Phi) is 4.09. The van der Waals surface area contributed by atoms with E-state index in [1.807, 2.05) is 36.0 Å². The van der Waals surface area contributed by atoms with Crippen molar-refractivity contribution in [1.29, 1.82) is 0 Å². The summed E-state index contributed by atoms with van der Waals surface area (Å²) in [6.07, 6.45) is 6.49. The number of hydrogen-bond acceptors (Lipinski definition) is 4. The van der Waals surface area contributed by atoms with Gasteiger partial charge in [0.15, 0.2) is 0 Å². The second-order valence-corrected chi connectivity index (χ2v) is 5.18. The monoisotopic (exact) mass is 239 g/mol. The maximum absolute atomic E-state index is 10.0. The summed E-state index contributed by atoms with van der Waals surface area (Å²) < 4.78 is 5.17. The van der Waals surface area contributed by atoms with Crippen LogP contribution in [-0.2, 0) is 0 Å². The van der Waals surface area contributed by atoms with Crippen LogP contribution in [0.1, 0.15) is 12.2 Å². The molecular weight excluding hydrogens is 222 g/mol. The first kappa shape index (κ1) is 11.8. The Morgan fingerprint density at radius 2 is 2.56 bits per heavy atom. The molecule has 1 unspecified atom stereocenters. The van der Waals surface area contributed by atoms with Gasteiger partial charge in [-0.2, -0.15) is 11.8 Å². The van der Waals surface area contributed by atoms with Crippen molar-refractivity contribution in [1.82, 2.24) is 5.32 Å². The van der Waals surface area contributed by atoms with Crippen molar-refractivity contribution >= 4 is 17.8 Å². The minimum Gasteiger partial charge on any atom is -0.465 e. The fraction of sp³-hybridized carbons (Fsp3) is 0.500. The van der Waals surface area contributed by atoms with E-state index in [2.05, 4.69) is 5.32 Å². The average Bonchev–Trinajstić information content (AvgIpc) is 2.89. The Morgan fingerprint density at radius 3 is 3.25 bits per heavy atom. The maximum Gasteiger partial charge on any atom is 0.126 e. The zero-order valence-corrected chi connectivity index (χ0v) is 10.0. The Bertz CT molecular complexity index is 329. The minimum absolute atomic E-state index is 0.497. The van der Waals surface area contributed by atoms with Crippen LogP contribution < -0.4 is 5.32 Å². The molecule has 0 saturated carbocycles. The van der Waals surface area contributed by atoms with E-state index in [0.29, 0.717) is 6.54 Å². The van der Waals surface area contributed by atoms with Crippen molar-refractivity contribution in [3.63, 3.8) is 0 Å². The molecule has 1 aliphatic rings. The molecule has 1 fully saturated rings. The highest BCUT2D eigenvalue weighted by atomic mass is 32.2. The zero-order valence-electron chi connectivity index (χ0n) is 9.19. The van der Waals surface area contributed by atoms with Gasteiger partial charge >= 0.3 is 0 Å². The Labute approximate surface area is 99.9 Å². The van der Waals surface area contributed by atoms with Crippen LogP contribution in [0.25, 0.3) is 6.08 Å². The van der Waals surface area contributed by atoms with Crippen LogP contribution in [0.3, 0.4) is 0 Å². The summed E-state index contributed by atoms with van der Waals surface area (Å²) in [5.41, 5.74) is -0.497. The van der Waals surface area contributed by atoms with E-state index in [0.717, 1.165) is 30.2 Å². The summed E-state index contributed by atoms with van der Waals surface area (Å²) in [5.74, 6) is 2.78. The fourth-order valence-electron chi connectivity index (χ4n) is 1.69. The summed E-state index contributed by atoms with van der Waals surface area (Å²) in [6, 6.07) is 3.78. The minimum atomic E-state index is -0.497. The Hall–Kier alpha value is -0.710. The molecule has 3 nitrogen and oxygen atoms in total. The number of thioether (sulfide) groups is 1. The largest absolute Gasteiger partial charge is 0.465 e. The third-order valence-corrected chi connectivity index (χ3v) is 3.86. The Morgan fingerprint density at radius 1 is 1.62 bits per heavy atom. The molecule has 1 aromatic heterocycles. The molecule has 2 heterocycles. The second-order valence-electron chi connectivity index (χ2n) is 4.08. The van der Waals surface area contributed by atoms with E-state index >= 15 is 0 Å². The molecule has 16 heavy (non-hydrogen) atoms. The lowest BCUT2D eigenvalue weighted by Crippen LogP contribution is -2.40. The van der Waals surface area contributed by atoms with E-state index in [-0.39, 0.29) is 0 Å². The topological polar surface area (TPSA) is 45.4 Å². The molecule has 88 valence electrons. The molecule has 1 aromatic rings. The van der Waals surface area contributed by atoms with Crippen LogP contribution in [-0.4, -0.2) is 35.3 Å². The highest BCUT2D eigenvalue weighted by Gasteiger charge is 2.30. The predicted molar refractivity (Wildman–Crippen MR) is 67.5 cm³/mol. The molecule has 4 heteroatoms. The van der Waals surface area contributed by atoms with Gasteiger partial charge in [-0.15, -0.1) is 0 Å². The number of hydrogen-bond donors (Lipinski definition) is 2. The quantitative estimate of drug-likeness (QED) is 0.768. The summed E-state index contributed by atoms with van der Waals surface area (Å²) in [5, 5.41) is 13.3. The third-order valence-electron chi connectivity index (χ3n) is 2.62. The predicted octanol–water partition coefficient (Wildman–Crippen LogP) is 1.75. The molecule has 0 bridgehead atoms. The fourth-order valence-corrected chi connectivity index (χ4v) is 2.98. The van der Waals surface area contributed by atoms with E-state index in [9.17, 15) is 5.11 Å². The number of rotatable bonds is 5. The van der Waals surface area contributed by atoms with Crippen molar-refractivity contribution in [2.75, 3.05) is 24.6 Å². The van der Waals surface area contributed by atoms with Gasteiger partial charge in [0.25, 0.3) is 0 Å². The van der Waals surface area contributed by atoms with Gasteiger partial charge in [-0.3, -0.25) is 0 Å². The van der Waals surface area contributed by atoms with Gasteiger partial charge in [0, 0.05) is 18.8 Å². The smallest absolute Gasteiger partial charge is 0.126 e. The molecule has 1 saturated heterocycles. The molecule has 0 aromatic carbocycles. The molecule has 2 N–H and O–H groups in total. The lowest BCUT2D eigenvalue weighted by atomic mass is 10.0. The van der Waals surface area contributed by atoms with Gasteiger partial charge in [-0.25, -0.2) is 0 Å². The molecule has 1 atom stereocenters. The first-order valence-electron chi connectivity index (χ1n) is 5.49. The molecule has 2 rings (SSSR count). The van der Waals surface area contributed by atoms with E-state index in [1.165, 1.54) is 0 Å². The second kappa shape index (κ2) is 5.57. The van der Waals surface area contributed by atoms with Gasteiger partial charge in [0.1, 0.15) is 5.76 Å². The summed E-state index contributed by atoms with van der Waals surface area (Å²) in [7, 11) is 0. The lowest BCUT2D eigenvalue weighted by Gasteiger charge is -2.20. The van der Waals surface area contributed by atoms with Crippen LogP contribution in [0, 0.1) is 0 Å². The van der Waals surface area contributed by atoms with Crippen molar-refractivity contribution < 1.29 is 9.52 Å². The van der Waals surface area contributed by atoms with Crippen molar-refractivity contribution in [2.45, 2.75) is 12.0 Å². The van der Waals surface area contributed by atoms with E-state index < -0.39 is 5.60 Å². The van der Waals surface area contributed by atoms with Crippen LogP contribution in [0.4, 0.5) is 0 Å². The highest BCUT2D eigenvalue weighted by molar-refractivity contribution is 7.99. The van der Waals surface area contributed by atoms with Crippen LogP contribution in [0.15, 0.2) is 28.9 Å². The van der Waals surface area contributed by atoms with Gasteiger partial charge in [-0.1, -0.05) is 6.08 Å². The average molecular weight is 239 g/mol. The normalized spacial score (nSPS) is 25.6. The summed E-state index contributed by atoms with van der Waals surface area (Å²) in [4.78, 5) is 0. The molecule has 1 aliphatic heterocycles. The standard InChI is InChI=1S/C12H17NO2S/c14-12(5-8-16-10-12)9-13-6-1-3-11-4-2-7-15-11/h1-4,7,13-14H,5-6,8-10H2/b3-1+. The maximum atomic E-state index is 10.0. The van der Waals surface area contributed by atoms with E-state index in [4.69, 9.17) is 4.42 Å². The first-order chi connectivity index (χ1) is 7.79. The Balaban J connectivity index is 1.65. The van der Waals surface area contributed by atoms with Crippen LogP contribution in [0.5, 0.6) is 0 Å². The van der Waals surface area contributed by atoms with Crippen LogP contribution in [0.2, 0.25) is 0 Å². The zero-order chi connectivity index (χ0) is 11.3. The van der Waals surface area contributed by atoms with Crippen molar-refractivity contribution in [3.05, 3.63) is 30.2 Å².